The van der Waals surface area contributed by atoms with Crippen LogP contribution >= 0.6 is 0 Å². The van der Waals surface area contributed by atoms with E-state index < -0.39 is 0 Å². The molecule has 4 rings (SSSR count). The summed E-state index contributed by atoms with van der Waals surface area (Å²) in [7, 11) is 0. The molecular formula is C21H21N5O2. The van der Waals surface area contributed by atoms with Gasteiger partial charge in [-0.3, -0.25) is 14.0 Å². The number of amides is 1. The van der Waals surface area contributed by atoms with Crippen LogP contribution in [0.15, 0.2) is 65.6 Å². The number of hydrogen-bond acceptors (Lipinski definition) is 3. The number of H-pyrrole nitrogens is 1. The first-order chi connectivity index (χ1) is 13.5. The minimum Gasteiger partial charge on any atom is -0.307 e. The van der Waals surface area contributed by atoms with Gasteiger partial charge in [-0.25, -0.2) is 4.79 Å². The van der Waals surface area contributed by atoms with Crippen molar-refractivity contribution < 1.29 is 4.79 Å². The molecule has 4 aromatic rings. The Morgan fingerprint density at radius 3 is 2.64 bits per heavy atom. The maximum Gasteiger partial charge on any atom is 0.326 e. The van der Waals surface area contributed by atoms with Gasteiger partial charge in [-0.05, 0) is 31.5 Å². The van der Waals surface area contributed by atoms with Crippen LogP contribution in [0.1, 0.15) is 24.1 Å². The van der Waals surface area contributed by atoms with Crippen molar-refractivity contribution in [2.24, 2.45) is 0 Å². The number of aromatic nitrogens is 4. The van der Waals surface area contributed by atoms with Crippen LogP contribution < -0.4 is 11.0 Å². The van der Waals surface area contributed by atoms with Crippen LogP contribution in [-0.4, -0.2) is 25.2 Å². The van der Waals surface area contributed by atoms with Gasteiger partial charge in [0.25, 0.3) is 0 Å². The van der Waals surface area contributed by atoms with Crippen LogP contribution in [0.25, 0.3) is 11.0 Å². The highest BCUT2D eigenvalue weighted by molar-refractivity contribution is 5.91. The van der Waals surface area contributed by atoms with Crippen molar-refractivity contribution in [1.82, 2.24) is 19.3 Å². The summed E-state index contributed by atoms with van der Waals surface area (Å²) >= 11 is 0. The number of benzene rings is 2. The topological polar surface area (TPSA) is 84.7 Å². The third-order valence-corrected chi connectivity index (χ3v) is 4.83. The molecule has 7 nitrogen and oxygen atoms in total. The fourth-order valence-electron chi connectivity index (χ4n) is 3.27. The van der Waals surface area contributed by atoms with Crippen molar-refractivity contribution in [2.45, 2.75) is 26.4 Å². The van der Waals surface area contributed by atoms with E-state index in [0.717, 1.165) is 11.1 Å². The molecule has 1 unspecified atom stereocenters. The van der Waals surface area contributed by atoms with E-state index in [1.165, 1.54) is 4.57 Å². The predicted octanol–water partition coefficient (Wildman–Crippen LogP) is 3.08. The molecule has 0 aliphatic heterocycles. The second-order valence-corrected chi connectivity index (χ2v) is 6.81. The number of fused-ring (bicyclic) bond motifs is 1. The summed E-state index contributed by atoms with van der Waals surface area (Å²) in [6, 6.07) is 17.4. The molecule has 0 aliphatic carbocycles. The molecule has 0 saturated carbocycles. The van der Waals surface area contributed by atoms with Gasteiger partial charge >= 0.3 is 5.69 Å². The average molecular weight is 375 g/mol. The standard InChI is InChI=1S/C21H21N5O2/c1-14-12-26(15(2)16-8-4-3-5-9-16)24-20(14)23-19(27)13-25-18-11-7-6-10-17(18)22-21(25)28/h3-12,15H,13H2,1-2H3,(H,22,28)(H,23,24,27). The minimum absolute atomic E-state index is 0.0433. The van der Waals surface area contributed by atoms with Crippen LogP contribution in [0.4, 0.5) is 5.82 Å². The predicted molar refractivity (Wildman–Crippen MR) is 108 cm³/mol. The van der Waals surface area contributed by atoms with Crippen molar-refractivity contribution in [3.8, 4) is 0 Å². The molecule has 0 bridgehead atoms. The van der Waals surface area contributed by atoms with E-state index in [1.54, 1.807) is 0 Å². The number of hydrogen-bond donors (Lipinski definition) is 2. The molecule has 0 radical (unpaired) electrons. The summed E-state index contributed by atoms with van der Waals surface area (Å²) < 4.78 is 3.25. The van der Waals surface area contributed by atoms with Crippen LogP contribution in [-0.2, 0) is 11.3 Å². The Kier molecular flexibility index (Phi) is 4.57. The number of nitrogens with one attached hydrogen (secondary N) is 2. The Bertz CT molecular complexity index is 1190. The lowest BCUT2D eigenvalue weighted by Gasteiger charge is -2.12. The fourth-order valence-corrected chi connectivity index (χ4v) is 3.27. The van der Waals surface area contributed by atoms with Crippen LogP contribution in [0.2, 0.25) is 0 Å². The van der Waals surface area contributed by atoms with E-state index in [2.05, 4.69) is 22.3 Å². The molecule has 0 saturated heterocycles. The van der Waals surface area contributed by atoms with Gasteiger partial charge in [-0.2, -0.15) is 5.10 Å². The van der Waals surface area contributed by atoms with E-state index in [9.17, 15) is 9.59 Å². The number of aryl methyl sites for hydroxylation is 1. The summed E-state index contributed by atoms with van der Waals surface area (Å²) in [4.78, 5) is 27.4. The minimum atomic E-state index is -0.309. The maximum atomic E-state index is 12.5. The lowest BCUT2D eigenvalue weighted by Crippen LogP contribution is -2.26. The highest BCUT2D eigenvalue weighted by Crippen LogP contribution is 2.21. The largest absolute Gasteiger partial charge is 0.326 e. The molecule has 142 valence electrons. The van der Waals surface area contributed by atoms with Gasteiger partial charge in [0.2, 0.25) is 5.91 Å². The normalized spacial score (nSPS) is 12.2. The van der Waals surface area contributed by atoms with Crippen LogP contribution in [0.3, 0.4) is 0 Å². The van der Waals surface area contributed by atoms with E-state index in [4.69, 9.17) is 0 Å². The van der Waals surface area contributed by atoms with E-state index in [0.29, 0.717) is 16.9 Å². The zero-order valence-corrected chi connectivity index (χ0v) is 15.7. The van der Waals surface area contributed by atoms with Gasteiger partial charge in [0.15, 0.2) is 5.82 Å². The Morgan fingerprint density at radius 2 is 1.86 bits per heavy atom. The number of anilines is 1. The van der Waals surface area contributed by atoms with Crippen molar-refractivity contribution in [3.05, 3.63) is 82.4 Å². The first-order valence-corrected chi connectivity index (χ1v) is 9.11. The van der Waals surface area contributed by atoms with Crippen molar-refractivity contribution in [1.29, 1.82) is 0 Å². The van der Waals surface area contributed by atoms with E-state index in [-0.39, 0.29) is 24.2 Å². The van der Waals surface area contributed by atoms with Crippen molar-refractivity contribution >= 4 is 22.8 Å². The van der Waals surface area contributed by atoms with Crippen molar-refractivity contribution in [2.75, 3.05) is 5.32 Å². The number of rotatable bonds is 5. The van der Waals surface area contributed by atoms with Gasteiger partial charge in [-0.1, -0.05) is 42.5 Å². The molecule has 1 amide bonds. The number of carbonyl (C=O) groups is 1. The first-order valence-electron chi connectivity index (χ1n) is 9.11. The third-order valence-electron chi connectivity index (χ3n) is 4.83. The molecule has 0 spiro atoms. The Labute approximate surface area is 161 Å². The highest BCUT2D eigenvalue weighted by Gasteiger charge is 2.15. The molecule has 2 aromatic heterocycles. The molecule has 2 N–H and O–H groups in total. The molecule has 28 heavy (non-hydrogen) atoms. The quantitative estimate of drug-likeness (QED) is 0.562. The summed E-state index contributed by atoms with van der Waals surface area (Å²) in [5, 5.41) is 7.35. The molecule has 1 atom stereocenters. The third kappa shape index (κ3) is 3.34. The first kappa shape index (κ1) is 17.8. The van der Waals surface area contributed by atoms with E-state index in [1.807, 2.05) is 72.4 Å². The Hall–Kier alpha value is -3.61. The van der Waals surface area contributed by atoms with Gasteiger partial charge < -0.3 is 10.3 Å². The number of imidazole rings is 1. The number of nitrogens with zero attached hydrogens (tertiary/aromatic N) is 3. The summed E-state index contributed by atoms with van der Waals surface area (Å²) in [5.41, 5.74) is 3.09. The second-order valence-electron chi connectivity index (χ2n) is 6.81. The fraction of sp³-hybridized carbons (Fsp3) is 0.190. The lowest BCUT2D eigenvalue weighted by molar-refractivity contribution is -0.116. The van der Waals surface area contributed by atoms with Crippen molar-refractivity contribution in [3.63, 3.8) is 0 Å². The highest BCUT2D eigenvalue weighted by atomic mass is 16.2. The zero-order chi connectivity index (χ0) is 19.7. The molecule has 7 heteroatoms. The molecule has 0 aliphatic rings. The molecular weight excluding hydrogens is 354 g/mol. The zero-order valence-electron chi connectivity index (χ0n) is 15.7. The number of aromatic amines is 1. The van der Waals surface area contributed by atoms with Crippen LogP contribution in [0, 0.1) is 6.92 Å². The number of carbonyl (C=O) groups excluding carboxylic acids is 1. The SMILES string of the molecule is Cc1cn(C(C)c2ccccc2)nc1NC(=O)Cn1c(=O)[nH]c2ccccc21. The molecule has 2 aromatic carbocycles. The summed E-state index contributed by atoms with van der Waals surface area (Å²) in [6.45, 7) is 3.87. The van der Waals surface area contributed by atoms with Gasteiger partial charge in [0, 0.05) is 11.8 Å². The number of para-hydroxylation sites is 2. The summed E-state index contributed by atoms with van der Waals surface area (Å²) in [6.07, 6.45) is 1.91. The summed E-state index contributed by atoms with van der Waals surface area (Å²) in [5.74, 6) is 0.202. The average Bonchev–Trinajstić information content (AvgIpc) is 3.22. The second kappa shape index (κ2) is 7.19. The maximum absolute atomic E-state index is 12.5. The van der Waals surface area contributed by atoms with Gasteiger partial charge in [0.1, 0.15) is 6.54 Å². The van der Waals surface area contributed by atoms with E-state index >= 15 is 0 Å². The van der Waals surface area contributed by atoms with Gasteiger partial charge in [-0.15, -0.1) is 0 Å². The Morgan fingerprint density at radius 1 is 1.14 bits per heavy atom. The smallest absolute Gasteiger partial charge is 0.307 e. The lowest BCUT2D eigenvalue weighted by atomic mass is 10.1. The molecule has 0 fully saturated rings. The van der Waals surface area contributed by atoms with Crippen LogP contribution in [0.5, 0.6) is 0 Å². The Balaban J connectivity index is 1.53. The van der Waals surface area contributed by atoms with Gasteiger partial charge in [0.05, 0.1) is 17.1 Å². The monoisotopic (exact) mass is 375 g/mol. The molecule has 2 heterocycles.